The van der Waals surface area contributed by atoms with Crippen molar-refractivity contribution in [2.75, 3.05) is 24.3 Å². The molecule has 0 aliphatic rings. The Labute approximate surface area is 186 Å². The summed E-state index contributed by atoms with van der Waals surface area (Å²) in [5.74, 6) is 2.39. The molecule has 0 aliphatic carbocycles. The third kappa shape index (κ3) is 6.11. The summed E-state index contributed by atoms with van der Waals surface area (Å²) >= 11 is 1.33. The van der Waals surface area contributed by atoms with E-state index in [9.17, 15) is 4.79 Å². The number of benzene rings is 2. The fourth-order valence-electron chi connectivity index (χ4n) is 2.90. The number of carbonyl (C=O) groups is 1. The monoisotopic (exact) mass is 438 g/mol. The molecule has 0 saturated heterocycles. The van der Waals surface area contributed by atoms with Gasteiger partial charge in [-0.2, -0.15) is 0 Å². The van der Waals surface area contributed by atoms with Crippen LogP contribution >= 0.6 is 11.8 Å². The summed E-state index contributed by atoms with van der Waals surface area (Å²) in [6, 6.07) is 15.0. The van der Waals surface area contributed by atoms with E-state index in [0.29, 0.717) is 24.9 Å². The first-order chi connectivity index (χ1) is 15.1. The molecule has 0 radical (unpaired) electrons. The lowest BCUT2D eigenvalue weighted by Gasteiger charge is -2.09. The summed E-state index contributed by atoms with van der Waals surface area (Å²) in [5.41, 5.74) is 1.64. The second-order valence-corrected chi connectivity index (χ2v) is 7.40. The van der Waals surface area contributed by atoms with Gasteiger partial charge in [0.05, 0.1) is 19.0 Å². The van der Waals surface area contributed by atoms with Gasteiger partial charge in [-0.15, -0.1) is 16.8 Å². The first-order valence-electron chi connectivity index (χ1n) is 10.1. The van der Waals surface area contributed by atoms with Crippen LogP contribution in [0.3, 0.4) is 0 Å². The van der Waals surface area contributed by atoms with Gasteiger partial charge in [-0.05, 0) is 62.4 Å². The number of nitrogens with zero attached hydrogens (tertiary/aromatic N) is 3. The Hall–Kier alpha value is -3.26. The maximum Gasteiger partial charge on any atom is 0.234 e. The molecule has 0 fully saturated rings. The summed E-state index contributed by atoms with van der Waals surface area (Å²) in [4.78, 5) is 12.4. The van der Waals surface area contributed by atoms with Crippen molar-refractivity contribution in [2.24, 2.45) is 0 Å². The van der Waals surface area contributed by atoms with Crippen LogP contribution < -0.4 is 14.8 Å². The van der Waals surface area contributed by atoms with Crippen LogP contribution in [0.4, 0.5) is 5.69 Å². The molecule has 0 aliphatic heterocycles. The highest BCUT2D eigenvalue weighted by atomic mass is 32.2. The van der Waals surface area contributed by atoms with Crippen LogP contribution in [-0.2, 0) is 11.3 Å². The summed E-state index contributed by atoms with van der Waals surface area (Å²) in [6.45, 7) is 9.46. The van der Waals surface area contributed by atoms with E-state index >= 15 is 0 Å². The maximum atomic E-state index is 12.4. The van der Waals surface area contributed by atoms with Gasteiger partial charge in [0.2, 0.25) is 5.91 Å². The van der Waals surface area contributed by atoms with E-state index in [1.165, 1.54) is 11.8 Å². The highest BCUT2D eigenvalue weighted by molar-refractivity contribution is 7.99. The number of aromatic nitrogens is 3. The number of ether oxygens (including phenoxy) is 2. The Morgan fingerprint density at radius 1 is 1.03 bits per heavy atom. The lowest BCUT2D eigenvalue weighted by atomic mass is 10.2. The zero-order chi connectivity index (χ0) is 22.1. The van der Waals surface area contributed by atoms with Crippen molar-refractivity contribution >= 4 is 23.4 Å². The molecule has 162 valence electrons. The number of thioether (sulfide) groups is 1. The molecule has 1 aromatic heterocycles. The molecule has 1 amide bonds. The van der Waals surface area contributed by atoms with Gasteiger partial charge < -0.3 is 14.8 Å². The largest absolute Gasteiger partial charge is 0.494 e. The van der Waals surface area contributed by atoms with E-state index in [1.807, 2.05) is 66.9 Å². The summed E-state index contributed by atoms with van der Waals surface area (Å²) in [7, 11) is 0. The second-order valence-electron chi connectivity index (χ2n) is 6.46. The van der Waals surface area contributed by atoms with Gasteiger partial charge in [0.15, 0.2) is 11.0 Å². The lowest BCUT2D eigenvalue weighted by molar-refractivity contribution is -0.113. The van der Waals surface area contributed by atoms with Gasteiger partial charge in [0, 0.05) is 17.8 Å². The van der Waals surface area contributed by atoms with Gasteiger partial charge in [-0.25, -0.2) is 0 Å². The molecular weight excluding hydrogens is 412 g/mol. The van der Waals surface area contributed by atoms with Crippen molar-refractivity contribution in [3.05, 3.63) is 61.2 Å². The van der Waals surface area contributed by atoms with Crippen molar-refractivity contribution in [2.45, 2.75) is 25.5 Å². The van der Waals surface area contributed by atoms with E-state index in [4.69, 9.17) is 9.47 Å². The number of anilines is 1. The number of hydrogen-bond donors (Lipinski definition) is 1. The molecule has 3 rings (SSSR count). The van der Waals surface area contributed by atoms with Gasteiger partial charge in [-0.3, -0.25) is 9.36 Å². The highest BCUT2D eigenvalue weighted by Crippen LogP contribution is 2.26. The normalized spacial score (nSPS) is 10.5. The zero-order valence-electron chi connectivity index (χ0n) is 17.7. The first kappa shape index (κ1) is 22.4. The number of carbonyl (C=O) groups excluding carboxylic acids is 1. The molecule has 0 saturated carbocycles. The minimum absolute atomic E-state index is 0.120. The van der Waals surface area contributed by atoms with Crippen LogP contribution in [0.15, 0.2) is 66.3 Å². The van der Waals surface area contributed by atoms with Crippen LogP contribution in [0.2, 0.25) is 0 Å². The van der Waals surface area contributed by atoms with Crippen molar-refractivity contribution in [1.29, 1.82) is 0 Å². The third-order valence-corrected chi connectivity index (χ3v) is 5.20. The Bertz CT molecular complexity index is 1000. The first-order valence-corrected chi connectivity index (χ1v) is 11.1. The zero-order valence-corrected chi connectivity index (χ0v) is 18.5. The molecule has 1 heterocycles. The van der Waals surface area contributed by atoms with Crippen molar-refractivity contribution in [3.8, 4) is 22.9 Å². The number of hydrogen-bond acceptors (Lipinski definition) is 6. The van der Waals surface area contributed by atoms with Crippen LogP contribution in [0, 0.1) is 0 Å². The van der Waals surface area contributed by atoms with Crippen molar-refractivity contribution in [1.82, 2.24) is 14.8 Å². The van der Waals surface area contributed by atoms with E-state index in [0.717, 1.165) is 28.6 Å². The average molecular weight is 439 g/mol. The Balaban J connectivity index is 1.65. The summed E-state index contributed by atoms with van der Waals surface area (Å²) < 4.78 is 12.9. The smallest absolute Gasteiger partial charge is 0.234 e. The maximum absolute atomic E-state index is 12.4. The molecule has 3 aromatic rings. The van der Waals surface area contributed by atoms with Gasteiger partial charge in [0.1, 0.15) is 11.5 Å². The molecule has 7 nitrogen and oxygen atoms in total. The number of nitrogens with one attached hydrogen (secondary N) is 1. The molecule has 1 N–H and O–H groups in total. The van der Waals surface area contributed by atoms with E-state index in [-0.39, 0.29) is 11.7 Å². The molecule has 2 aromatic carbocycles. The number of allylic oxidation sites excluding steroid dienone is 1. The Morgan fingerprint density at radius 2 is 1.65 bits per heavy atom. The SMILES string of the molecule is C=CCn1c(SCC(=O)Nc2ccc(OCC)cc2)nnc1-c1ccc(OCC)cc1. The summed E-state index contributed by atoms with van der Waals surface area (Å²) in [5, 5.41) is 12.1. The fraction of sp³-hybridized carbons (Fsp3) is 0.261. The lowest BCUT2D eigenvalue weighted by Crippen LogP contribution is -2.14. The molecule has 31 heavy (non-hydrogen) atoms. The molecule has 0 bridgehead atoms. The number of rotatable bonds is 11. The van der Waals surface area contributed by atoms with Crippen LogP contribution in [0.1, 0.15) is 13.8 Å². The van der Waals surface area contributed by atoms with E-state index < -0.39 is 0 Å². The van der Waals surface area contributed by atoms with Crippen LogP contribution in [-0.4, -0.2) is 39.6 Å². The predicted molar refractivity (Wildman–Crippen MR) is 124 cm³/mol. The minimum Gasteiger partial charge on any atom is -0.494 e. The predicted octanol–water partition coefficient (Wildman–Crippen LogP) is 4.66. The van der Waals surface area contributed by atoms with Crippen molar-refractivity contribution < 1.29 is 14.3 Å². The van der Waals surface area contributed by atoms with E-state index in [2.05, 4.69) is 22.1 Å². The molecule has 8 heteroatoms. The fourth-order valence-corrected chi connectivity index (χ4v) is 3.65. The van der Waals surface area contributed by atoms with Crippen molar-refractivity contribution in [3.63, 3.8) is 0 Å². The van der Waals surface area contributed by atoms with Crippen LogP contribution in [0.5, 0.6) is 11.5 Å². The average Bonchev–Trinajstić information content (AvgIpc) is 3.17. The third-order valence-electron chi connectivity index (χ3n) is 4.23. The van der Waals surface area contributed by atoms with Crippen LogP contribution in [0.25, 0.3) is 11.4 Å². The van der Waals surface area contributed by atoms with Gasteiger partial charge in [0.25, 0.3) is 0 Å². The number of amides is 1. The second kappa shape index (κ2) is 11.2. The molecule has 0 unspecified atom stereocenters. The molecule has 0 spiro atoms. The topological polar surface area (TPSA) is 78.3 Å². The summed E-state index contributed by atoms with van der Waals surface area (Å²) in [6.07, 6.45) is 1.78. The van der Waals surface area contributed by atoms with Gasteiger partial charge >= 0.3 is 0 Å². The Morgan fingerprint density at radius 3 is 2.23 bits per heavy atom. The minimum atomic E-state index is -0.120. The Kier molecular flexibility index (Phi) is 8.12. The quantitative estimate of drug-likeness (QED) is 0.347. The van der Waals surface area contributed by atoms with Gasteiger partial charge in [-0.1, -0.05) is 17.8 Å². The van der Waals surface area contributed by atoms with E-state index in [1.54, 1.807) is 6.08 Å². The molecular formula is C23H26N4O3S. The standard InChI is InChI=1S/C23H26N4O3S/c1-4-15-27-22(17-7-11-19(12-8-17)29-5-2)25-26-23(27)31-16-21(28)24-18-9-13-20(14-10-18)30-6-3/h4,7-14H,1,5-6,15-16H2,2-3H3,(H,24,28). The molecule has 0 atom stereocenters. The highest BCUT2D eigenvalue weighted by Gasteiger charge is 2.15.